The lowest BCUT2D eigenvalue weighted by molar-refractivity contribution is 0.0884. The van der Waals surface area contributed by atoms with Crippen molar-refractivity contribution in [2.45, 2.75) is 37.9 Å². The number of carbonyl (C=O) groups is 1. The summed E-state index contributed by atoms with van der Waals surface area (Å²) in [6, 6.07) is 31.0. The highest BCUT2D eigenvalue weighted by atomic mass is 16.3. The minimum atomic E-state index is -0.139. The van der Waals surface area contributed by atoms with Crippen LogP contribution in [0.2, 0.25) is 0 Å². The number of hydrogen-bond donors (Lipinski definition) is 1. The van der Waals surface area contributed by atoms with Gasteiger partial charge >= 0.3 is 0 Å². The average molecular weight is 477 g/mol. The summed E-state index contributed by atoms with van der Waals surface area (Å²) < 4.78 is 5.88. The van der Waals surface area contributed by atoms with Crippen LogP contribution in [0, 0.1) is 5.92 Å². The summed E-state index contributed by atoms with van der Waals surface area (Å²) in [5.74, 6) is 1.80. The topological polar surface area (TPSA) is 45.5 Å². The summed E-state index contributed by atoms with van der Waals surface area (Å²) in [7, 11) is 0. The van der Waals surface area contributed by atoms with Gasteiger partial charge in [-0.2, -0.15) is 0 Å². The van der Waals surface area contributed by atoms with Crippen LogP contribution in [0.3, 0.4) is 0 Å². The molecular formula is C32H32N2O2. The quantitative estimate of drug-likeness (QED) is 0.345. The zero-order valence-electron chi connectivity index (χ0n) is 20.5. The highest BCUT2D eigenvalue weighted by Gasteiger charge is 2.35. The third kappa shape index (κ3) is 4.79. The number of Topliss-reactive ketones (excluding diaryl/α,β-unsaturated/α-hetero) is 1. The highest BCUT2D eigenvalue weighted by molar-refractivity contribution is 6.02. The molecule has 1 N–H and O–H groups in total. The molecule has 0 saturated carbocycles. The maximum absolute atomic E-state index is 13.4. The first-order valence-corrected chi connectivity index (χ1v) is 13.0. The molecule has 2 aliphatic heterocycles. The molecule has 2 unspecified atom stereocenters. The van der Waals surface area contributed by atoms with E-state index in [0.29, 0.717) is 5.92 Å². The molecule has 3 aromatic carbocycles. The molecule has 2 aliphatic rings. The molecule has 3 heterocycles. The lowest BCUT2D eigenvalue weighted by Gasteiger charge is -2.37. The number of ketones is 1. The van der Waals surface area contributed by atoms with Crippen molar-refractivity contribution in [3.8, 4) is 11.1 Å². The molecule has 0 amide bonds. The van der Waals surface area contributed by atoms with Crippen molar-refractivity contribution in [2.75, 3.05) is 13.1 Å². The third-order valence-corrected chi connectivity index (χ3v) is 7.77. The van der Waals surface area contributed by atoms with Gasteiger partial charge in [-0.25, -0.2) is 0 Å². The Morgan fingerprint density at radius 1 is 0.833 bits per heavy atom. The van der Waals surface area contributed by atoms with E-state index in [-0.39, 0.29) is 17.9 Å². The van der Waals surface area contributed by atoms with Gasteiger partial charge in [-0.3, -0.25) is 15.0 Å². The summed E-state index contributed by atoms with van der Waals surface area (Å²) in [5, 5.41) is 3.71. The van der Waals surface area contributed by atoms with Gasteiger partial charge in [0.05, 0.1) is 24.9 Å². The second kappa shape index (κ2) is 10.3. The Balaban J connectivity index is 1.08. The largest absolute Gasteiger partial charge is 0.467 e. The van der Waals surface area contributed by atoms with E-state index in [9.17, 15) is 4.79 Å². The maximum Gasteiger partial charge on any atom is 0.180 e. The average Bonchev–Trinajstić information content (AvgIpc) is 3.41. The van der Waals surface area contributed by atoms with Crippen LogP contribution in [0.5, 0.6) is 0 Å². The number of piperidine rings is 1. The first kappa shape index (κ1) is 23.0. The molecule has 1 fully saturated rings. The number of rotatable bonds is 6. The second-order valence-corrected chi connectivity index (χ2v) is 10.1. The van der Waals surface area contributed by atoms with Gasteiger partial charge in [0, 0.05) is 11.1 Å². The number of nitrogens with one attached hydrogen (secondary N) is 1. The molecule has 4 heteroatoms. The van der Waals surface area contributed by atoms with E-state index in [1.807, 2.05) is 36.6 Å². The van der Waals surface area contributed by atoms with E-state index >= 15 is 0 Å². The summed E-state index contributed by atoms with van der Waals surface area (Å²) in [4.78, 5) is 15.9. The summed E-state index contributed by atoms with van der Waals surface area (Å²) in [6.45, 7) is 2.90. The monoisotopic (exact) mass is 476 g/mol. The smallest absolute Gasteiger partial charge is 0.180 e. The van der Waals surface area contributed by atoms with Crippen molar-refractivity contribution in [3.05, 3.63) is 120 Å². The van der Waals surface area contributed by atoms with Gasteiger partial charge in [-0.05, 0) is 61.0 Å². The lowest BCUT2D eigenvalue weighted by atomic mass is 9.81. The fourth-order valence-electron chi connectivity index (χ4n) is 5.80. The predicted octanol–water partition coefficient (Wildman–Crippen LogP) is 6.49. The Hall–Kier alpha value is -3.47. The third-order valence-electron chi connectivity index (χ3n) is 7.77. The summed E-state index contributed by atoms with van der Waals surface area (Å²) >= 11 is 0. The van der Waals surface area contributed by atoms with Crippen molar-refractivity contribution < 1.29 is 9.21 Å². The molecule has 0 aliphatic carbocycles. The van der Waals surface area contributed by atoms with Gasteiger partial charge in [-0.1, -0.05) is 84.9 Å². The fraction of sp³-hybridized carbons (Fsp3) is 0.281. The van der Waals surface area contributed by atoms with Crippen LogP contribution in [0.4, 0.5) is 0 Å². The Bertz CT molecular complexity index is 1310. The van der Waals surface area contributed by atoms with E-state index in [1.54, 1.807) is 0 Å². The van der Waals surface area contributed by atoms with Gasteiger partial charge in [-0.15, -0.1) is 0 Å². The van der Waals surface area contributed by atoms with Gasteiger partial charge in [0.1, 0.15) is 5.76 Å². The standard InChI is InChI=1S/C32H32N2O2/c35-32-29-14-8-7-13-28(29)31(25-11-5-2-6-12-25)33-30(32)19-23-15-17-34(18-16-23)21-27-20-26(22-36-27)24-9-3-1-4-10-24/h1-14,20,22-23,30-31,33H,15-19,21H2. The number of hydrogen-bond acceptors (Lipinski definition) is 4. The van der Waals surface area contributed by atoms with Crippen molar-refractivity contribution in [2.24, 2.45) is 5.92 Å². The molecule has 0 bridgehead atoms. The van der Waals surface area contributed by atoms with Gasteiger partial charge in [0.25, 0.3) is 0 Å². The zero-order valence-corrected chi connectivity index (χ0v) is 20.5. The van der Waals surface area contributed by atoms with Crippen LogP contribution in [-0.2, 0) is 6.54 Å². The number of fused-ring (bicyclic) bond motifs is 1. The first-order valence-electron chi connectivity index (χ1n) is 13.0. The van der Waals surface area contributed by atoms with E-state index in [2.05, 4.69) is 70.9 Å². The SMILES string of the molecule is O=C1c2ccccc2C(c2ccccc2)NC1CC1CCN(Cc2cc(-c3ccccc3)co2)CC1. The van der Waals surface area contributed by atoms with Crippen molar-refractivity contribution >= 4 is 5.78 Å². The van der Waals surface area contributed by atoms with E-state index in [4.69, 9.17) is 4.42 Å². The lowest BCUT2D eigenvalue weighted by Crippen LogP contribution is -2.46. The van der Waals surface area contributed by atoms with Crippen LogP contribution in [0.1, 0.15) is 52.5 Å². The number of benzene rings is 3. The number of nitrogens with zero attached hydrogens (tertiary/aromatic N) is 1. The molecule has 4 aromatic rings. The van der Waals surface area contributed by atoms with E-state index < -0.39 is 0 Å². The molecule has 36 heavy (non-hydrogen) atoms. The van der Waals surface area contributed by atoms with Crippen LogP contribution >= 0.6 is 0 Å². The van der Waals surface area contributed by atoms with Gasteiger partial charge < -0.3 is 4.42 Å². The summed E-state index contributed by atoms with van der Waals surface area (Å²) in [6.07, 6.45) is 4.97. The van der Waals surface area contributed by atoms with Crippen LogP contribution in [-0.4, -0.2) is 29.8 Å². The molecule has 4 nitrogen and oxygen atoms in total. The molecule has 1 aromatic heterocycles. The molecule has 0 radical (unpaired) electrons. The molecule has 1 saturated heterocycles. The minimum Gasteiger partial charge on any atom is -0.467 e. The molecule has 2 atom stereocenters. The normalized spacial score (nSPS) is 20.8. The molecule has 182 valence electrons. The van der Waals surface area contributed by atoms with Crippen molar-refractivity contribution in [3.63, 3.8) is 0 Å². The fourth-order valence-corrected chi connectivity index (χ4v) is 5.80. The van der Waals surface area contributed by atoms with Gasteiger partial charge in [0.2, 0.25) is 0 Å². The van der Waals surface area contributed by atoms with Crippen molar-refractivity contribution in [1.82, 2.24) is 10.2 Å². The Morgan fingerprint density at radius 3 is 2.31 bits per heavy atom. The zero-order chi connectivity index (χ0) is 24.3. The van der Waals surface area contributed by atoms with Crippen LogP contribution in [0.15, 0.2) is 102 Å². The Kier molecular flexibility index (Phi) is 6.54. The predicted molar refractivity (Wildman–Crippen MR) is 143 cm³/mol. The van der Waals surface area contributed by atoms with Crippen LogP contribution < -0.4 is 5.32 Å². The number of likely N-dealkylation sites (tertiary alicyclic amines) is 1. The Morgan fingerprint density at radius 2 is 1.53 bits per heavy atom. The highest BCUT2D eigenvalue weighted by Crippen LogP contribution is 2.34. The first-order chi connectivity index (χ1) is 17.7. The second-order valence-electron chi connectivity index (χ2n) is 10.1. The molecule has 6 rings (SSSR count). The van der Waals surface area contributed by atoms with Gasteiger partial charge in [0.15, 0.2) is 5.78 Å². The van der Waals surface area contributed by atoms with E-state index in [0.717, 1.165) is 61.3 Å². The number of carbonyl (C=O) groups excluding carboxylic acids is 1. The Labute approximate surface area is 213 Å². The summed E-state index contributed by atoms with van der Waals surface area (Å²) in [5.41, 5.74) is 5.50. The minimum absolute atomic E-state index is 0.0583. The molecule has 0 spiro atoms. The van der Waals surface area contributed by atoms with Crippen molar-refractivity contribution in [1.29, 1.82) is 0 Å². The van der Waals surface area contributed by atoms with E-state index in [1.165, 1.54) is 11.1 Å². The maximum atomic E-state index is 13.4. The molecular weight excluding hydrogens is 444 g/mol. The number of furan rings is 1. The van der Waals surface area contributed by atoms with Crippen LogP contribution in [0.25, 0.3) is 11.1 Å².